The molecule has 1 aromatic heterocycles. The van der Waals surface area contributed by atoms with Crippen LogP contribution in [0, 0.1) is 11.6 Å². The molecule has 0 radical (unpaired) electrons. The van der Waals surface area contributed by atoms with Crippen LogP contribution in [0.3, 0.4) is 0 Å². The maximum atomic E-state index is 13.5. The van der Waals surface area contributed by atoms with Crippen molar-refractivity contribution in [3.05, 3.63) is 101 Å². The highest BCUT2D eigenvalue weighted by Crippen LogP contribution is 2.39. The van der Waals surface area contributed by atoms with Crippen LogP contribution in [0.2, 0.25) is 0 Å². The lowest BCUT2D eigenvalue weighted by Crippen LogP contribution is -2.23. The molecule has 3 aromatic carbocycles. The van der Waals surface area contributed by atoms with Crippen LogP contribution in [0.5, 0.6) is 11.5 Å². The van der Waals surface area contributed by atoms with Crippen molar-refractivity contribution >= 4 is 5.91 Å². The number of carbonyl (C=O) groups is 1. The fraction of sp³-hybridized carbons (Fsp3) is 0.233. The Labute approximate surface area is 214 Å². The summed E-state index contributed by atoms with van der Waals surface area (Å²) in [5.74, 6) is -0.179. The third-order valence-corrected chi connectivity index (χ3v) is 6.71. The van der Waals surface area contributed by atoms with Gasteiger partial charge in [-0.05, 0) is 54.2 Å². The Balaban J connectivity index is 1.46. The quantitative estimate of drug-likeness (QED) is 0.332. The van der Waals surface area contributed by atoms with Gasteiger partial charge in [0.05, 0.1) is 25.6 Å². The first-order valence-electron chi connectivity index (χ1n) is 12.2. The van der Waals surface area contributed by atoms with E-state index < -0.39 is 11.6 Å². The number of aromatic nitrogens is 1. The molecular weight excluding hydrogens is 474 g/mol. The van der Waals surface area contributed by atoms with E-state index in [1.807, 2.05) is 24.3 Å². The number of carbonyl (C=O) groups excluding carboxylic acids is 1. The molecule has 0 spiro atoms. The number of aryl methyl sites for hydroxylation is 3. The summed E-state index contributed by atoms with van der Waals surface area (Å²) in [6, 6.07) is 19.6. The van der Waals surface area contributed by atoms with Crippen LogP contribution in [0.25, 0.3) is 16.9 Å². The first kappa shape index (κ1) is 24.6. The number of nitrogens with zero attached hydrogens (tertiary/aromatic N) is 1. The number of halogens is 2. The van der Waals surface area contributed by atoms with Crippen molar-refractivity contribution in [2.24, 2.45) is 0 Å². The SMILES string of the molecule is COc1cc(OC)cc(-n2c(CCC(=O)NCc3cc(F)cc(F)c3)cc3c2-c2ccccc2CC3)c1. The second-order valence-corrected chi connectivity index (χ2v) is 9.13. The number of ether oxygens (including phenoxy) is 2. The lowest BCUT2D eigenvalue weighted by molar-refractivity contribution is -0.121. The number of hydrogen-bond acceptors (Lipinski definition) is 3. The van der Waals surface area contributed by atoms with Gasteiger partial charge in [-0.3, -0.25) is 4.79 Å². The van der Waals surface area contributed by atoms with E-state index in [1.54, 1.807) is 14.2 Å². The number of fused-ring (bicyclic) bond motifs is 3. The Morgan fingerprint density at radius 2 is 1.57 bits per heavy atom. The van der Waals surface area contributed by atoms with E-state index in [0.29, 0.717) is 23.5 Å². The number of amides is 1. The first-order chi connectivity index (χ1) is 17.9. The zero-order valence-electron chi connectivity index (χ0n) is 20.8. The van der Waals surface area contributed by atoms with Gasteiger partial charge in [0.2, 0.25) is 5.91 Å². The highest BCUT2D eigenvalue weighted by atomic mass is 19.1. The molecule has 1 N–H and O–H groups in total. The summed E-state index contributed by atoms with van der Waals surface area (Å²) in [5.41, 5.74) is 7.06. The molecule has 7 heteroatoms. The van der Waals surface area contributed by atoms with Gasteiger partial charge in [0.1, 0.15) is 23.1 Å². The molecular formula is C30H28F2N2O3. The van der Waals surface area contributed by atoms with Crippen LogP contribution in [0.1, 0.15) is 28.8 Å². The van der Waals surface area contributed by atoms with Crippen molar-refractivity contribution in [2.45, 2.75) is 32.2 Å². The predicted octanol–water partition coefficient (Wildman–Crippen LogP) is 5.79. The van der Waals surface area contributed by atoms with E-state index in [4.69, 9.17) is 9.47 Å². The molecule has 5 rings (SSSR count). The molecule has 0 bridgehead atoms. The third-order valence-electron chi connectivity index (χ3n) is 6.71. The smallest absolute Gasteiger partial charge is 0.220 e. The van der Waals surface area contributed by atoms with Gasteiger partial charge in [-0.2, -0.15) is 0 Å². The molecule has 1 amide bonds. The average Bonchev–Trinajstić information content (AvgIpc) is 3.29. The molecule has 37 heavy (non-hydrogen) atoms. The molecule has 1 aliphatic rings. The van der Waals surface area contributed by atoms with Crippen molar-refractivity contribution in [3.8, 4) is 28.4 Å². The molecule has 1 aliphatic carbocycles. The van der Waals surface area contributed by atoms with Gasteiger partial charge in [-0.1, -0.05) is 24.3 Å². The summed E-state index contributed by atoms with van der Waals surface area (Å²) in [5, 5.41) is 2.78. The van der Waals surface area contributed by atoms with Gasteiger partial charge in [0.15, 0.2) is 0 Å². The molecule has 0 aliphatic heterocycles. The van der Waals surface area contributed by atoms with Crippen molar-refractivity contribution in [1.82, 2.24) is 9.88 Å². The zero-order chi connectivity index (χ0) is 25.9. The highest BCUT2D eigenvalue weighted by molar-refractivity contribution is 5.77. The van der Waals surface area contributed by atoms with Gasteiger partial charge in [0.25, 0.3) is 0 Å². The van der Waals surface area contributed by atoms with Gasteiger partial charge in [-0.15, -0.1) is 0 Å². The Morgan fingerprint density at radius 1 is 0.892 bits per heavy atom. The summed E-state index contributed by atoms with van der Waals surface area (Å²) in [7, 11) is 3.24. The molecule has 0 saturated heterocycles. The minimum absolute atomic E-state index is 0.0610. The molecule has 1 heterocycles. The molecule has 190 valence electrons. The van der Waals surface area contributed by atoms with Gasteiger partial charge < -0.3 is 19.4 Å². The third kappa shape index (κ3) is 5.21. The minimum atomic E-state index is -0.665. The van der Waals surface area contributed by atoms with Crippen molar-refractivity contribution in [2.75, 3.05) is 14.2 Å². The lowest BCUT2D eigenvalue weighted by Gasteiger charge is -2.21. The summed E-state index contributed by atoms with van der Waals surface area (Å²) in [4.78, 5) is 12.7. The molecule has 4 aromatic rings. The van der Waals surface area contributed by atoms with Crippen LogP contribution in [0.15, 0.2) is 66.7 Å². The van der Waals surface area contributed by atoms with E-state index in [9.17, 15) is 13.6 Å². The normalized spacial score (nSPS) is 12.0. The van der Waals surface area contributed by atoms with Crippen molar-refractivity contribution < 1.29 is 23.0 Å². The first-order valence-corrected chi connectivity index (χ1v) is 12.2. The second-order valence-electron chi connectivity index (χ2n) is 9.13. The number of benzene rings is 3. The number of hydrogen-bond donors (Lipinski definition) is 1. The van der Waals surface area contributed by atoms with E-state index in [2.05, 4.69) is 34.1 Å². The fourth-order valence-corrected chi connectivity index (χ4v) is 4.99. The van der Waals surface area contributed by atoms with Crippen LogP contribution in [-0.2, 0) is 30.6 Å². The largest absolute Gasteiger partial charge is 0.497 e. The van der Waals surface area contributed by atoms with Crippen LogP contribution >= 0.6 is 0 Å². The zero-order valence-corrected chi connectivity index (χ0v) is 20.8. The summed E-state index contributed by atoms with van der Waals surface area (Å²) < 4.78 is 40.2. The lowest BCUT2D eigenvalue weighted by atomic mass is 9.90. The van der Waals surface area contributed by atoms with Crippen LogP contribution in [0.4, 0.5) is 8.78 Å². The Bertz CT molecular complexity index is 1420. The maximum absolute atomic E-state index is 13.5. The van der Waals surface area contributed by atoms with Crippen molar-refractivity contribution in [1.29, 1.82) is 0 Å². The Kier molecular flexibility index (Phi) is 6.95. The van der Waals surface area contributed by atoms with E-state index >= 15 is 0 Å². The summed E-state index contributed by atoms with van der Waals surface area (Å²) in [6.07, 6.45) is 2.57. The molecule has 5 nitrogen and oxygen atoms in total. The van der Waals surface area contributed by atoms with Gasteiger partial charge in [0, 0.05) is 48.5 Å². The Hall–Kier alpha value is -4.13. The number of methoxy groups -OCH3 is 2. The fourth-order valence-electron chi connectivity index (χ4n) is 4.99. The second kappa shape index (κ2) is 10.5. The monoisotopic (exact) mass is 502 g/mol. The predicted molar refractivity (Wildman–Crippen MR) is 138 cm³/mol. The van der Waals surface area contributed by atoms with E-state index in [1.165, 1.54) is 28.8 Å². The molecule has 0 unspecified atom stereocenters. The van der Waals surface area contributed by atoms with E-state index in [-0.39, 0.29) is 18.9 Å². The summed E-state index contributed by atoms with van der Waals surface area (Å²) >= 11 is 0. The van der Waals surface area contributed by atoms with Crippen LogP contribution < -0.4 is 14.8 Å². The number of rotatable bonds is 8. The van der Waals surface area contributed by atoms with Gasteiger partial charge in [-0.25, -0.2) is 8.78 Å². The highest BCUT2D eigenvalue weighted by Gasteiger charge is 2.24. The molecule has 0 fully saturated rings. The topological polar surface area (TPSA) is 52.5 Å². The van der Waals surface area contributed by atoms with Crippen LogP contribution in [-0.4, -0.2) is 24.7 Å². The standard InChI is InChI=1S/C30H28F2N2O3/c1-36-26-15-25(16-27(17-26)37-2)34-24(13-21-8-7-20-5-3-4-6-28(20)30(21)34)9-10-29(35)33-18-19-11-22(31)14-23(32)12-19/h3-6,11-17H,7-10,18H2,1-2H3,(H,33,35). The Morgan fingerprint density at radius 3 is 2.27 bits per heavy atom. The number of nitrogens with one attached hydrogen (secondary N) is 1. The summed E-state index contributed by atoms with van der Waals surface area (Å²) in [6.45, 7) is 0.0610. The molecule has 0 saturated carbocycles. The maximum Gasteiger partial charge on any atom is 0.220 e. The molecule has 0 atom stereocenters. The van der Waals surface area contributed by atoms with Gasteiger partial charge >= 0.3 is 0 Å². The minimum Gasteiger partial charge on any atom is -0.497 e. The van der Waals surface area contributed by atoms with E-state index in [0.717, 1.165) is 36.0 Å². The average molecular weight is 503 g/mol. The van der Waals surface area contributed by atoms with Crippen molar-refractivity contribution in [3.63, 3.8) is 0 Å².